The van der Waals surface area contributed by atoms with E-state index in [0.717, 1.165) is 13.0 Å². The molecule has 0 N–H and O–H groups in total. The van der Waals surface area contributed by atoms with Gasteiger partial charge in [-0.25, -0.2) is 0 Å². The number of allylic oxidation sites excluding steroid dienone is 3. The summed E-state index contributed by atoms with van der Waals surface area (Å²) in [5, 5.41) is 7.65. The van der Waals surface area contributed by atoms with Crippen molar-refractivity contribution in [1.29, 1.82) is 0 Å². The number of hydrogen-bond donors (Lipinski definition) is 0. The second kappa shape index (κ2) is 11.3. The van der Waals surface area contributed by atoms with E-state index in [1.165, 1.54) is 45.7 Å². The van der Waals surface area contributed by atoms with Gasteiger partial charge in [0, 0.05) is 12.1 Å². The van der Waals surface area contributed by atoms with E-state index in [1.54, 1.807) is 12.2 Å². The normalized spacial score (nSPS) is 17.5. The molecule has 0 unspecified atom stereocenters. The minimum atomic E-state index is 0.245. The Morgan fingerprint density at radius 2 is 2.10 bits per heavy atom. The van der Waals surface area contributed by atoms with Gasteiger partial charge in [0.2, 0.25) is 0 Å². The summed E-state index contributed by atoms with van der Waals surface area (Å²) < 4.78 is 0. The molecule has 0 aromatic heterocycles. The fourth-order valence-electron chi connectivity index (χ4n) is 2.02. The molecule has 6 heteroatoms. The van der Waals surface area contributed by atoms with Gasteiger partial charge in [-0.1, -0.05) is 41.0 Å². The fraction of sp³-hybridized carbons (Fsp3) is 0.600. The number of hydrogen-bond acceptors (Lipinski definition) is 5. The summed E-state index contributed by atoms with van der Waals surface area (Å²) in [5.41, 5.74) is 0.565. The van der Waals surface area contributed by atoms with Crippen LogP contribution in [0.15, 0.2) is 34.6 Å². The smallest absolute Gasteiger partial charge is 0.174 e. The first kappa shape index (κ1) is 17.7. The molecule has 0 bridgehead atoms. The molecule has 0 amide bonds. The predicted octanol–water partition coefficient (Wildman–Crippen LogP) is 3.18. The van der Waals surface area contributed by atoms with E-state index in [1.807, 2.05) is 0 Å². The molecule has 0 aliphatic carbocycles. The van der Waals surface area contributed by atoms with Crippen molar-refractivity contribution in [3.05, 3.63) is 24.3 Å². The maximum atomic E-state index is 5.96. The zero-order chi connectivity index (χ0) is 15.3. The van der Waals surface area contributed by atoms with Crippen LogP contribution in [0.1, 0.15) is 25.7 Å². The number of nitrogens with zero attached hydrogens (tertiary/aromatic N) is 3. The summed E-state index contributed by atoms with van der Waals surface area (Å²) >= 11 is 5.96. The topological polar surface area (TPSA) is 46.4 Å². The van der Waals surface area contributed by atoms with Crippen molar-refractivity contribution in [2.75, 3.05) is 33.4 Å². The lowest BCUT2D eigenvalue weighted by Crippen LogP contribution is -2.31. The molecule has 5 nitrogen and oxygen atoms in total. The molecule has 0 aromatic rings. The van der Waals surface area contributed by atoms with Gasteiger partial charge in [-0.3, -0.25) is 0 Å². The average molecular weight is 314 g/mol. The first-order valence-electron chi connectivity index (χ1n) is 7.24. The number of likely N-dealkylation sites (tertiary alicyclic amines) is 1. The molecule has 0 saturated carbocycles. The molecule has 118 valence electrons. The molecule has 0 radical (unpaired) electrons. The van der Waals surface area contributed by atoms with Gasteiger partial charge in [0.1, 0.15) is 13.7 Å². The van der Waals surface area contributed by atoms with Crippen LogP contribution < -0.4 is 0 Å². The van der Waals surface area contributed by atoms with Crippen molar-refractivity contribution < 1.29 is 9.68 Å². The Morgan fingerprint density at radius 1 is 1.33 bits per heavy atom. The second-order valence-electron chi connectivity index (χ2n) is 4.79. The number of rotatable bonds is 9. The van der Waals surface area contributed by atoms with E-state index < -0.39 is 0 Å². The average Bonchev–Trinajstić information content (AvgIpc) is 2.52. The van der Waals surface area contributed by atoms with Gasteiger partial charge in [-0.2, -0.15) is 0 Å². The minimum absolute atomic E-state index is 0.245. The fourth-order valence-corrected chi connectivity index (χ4v) is 2.13. The molecule has 0 aromatic carbocycles. The van der Waals surface area contributed by atoms with Gasteiger partial charge < -0.3 is 14.6 Å². The summed E-state index contributed by atoms with van der Waals surface area (Å²) in [7, 11) is 1.48. The maximum Gasteiger partial charge on any atom is 0.174 e. The van der Waals surface area contributed by atoms with Crippen LogP contribution >= 0.6 is 11.6 Å². The summed E-state index contributed by atoms with van der Waals surface area (Å²) in [5.74, 6) is 0. The van der Waals surface area contributed by atoms with Crippen molar-refractivity contribution in [3.63, 3.8) is 0 Å². The molecule has 1 aliphatic rings. The van der Waals surface area contributed by atoms with Crippen LogP contribution in [0.3, 0.4) is 0 Å². The molecule has 21 heavy (non-hydrogen) atoms. The third-order valence-corrected chi connectivity index (χ3v) is 3.43. The Kier molecular flexibility index (Phi) is 9.57. The lowest BCUT2D eigenvalue weighted by molar-refractivity contribution is 0.125. The zero-order valence-electron chi connectivity index (χ0n) is 12.6. The number of oxime groups is 2. The van der Waals surface area contributed by atoms with Gasteiger partial charge in [0.25, 0.3) is 0 Å². The molecule has 0 spiro atoms. The van der Waals surface area contributed by atoms with Crippen LogP contribution in [0.2, 0.25) is 0 Å². The van der Waals surface area contributed by atoms with Gasteiger partial charge in [0.05, 0.1) is 6.21 Å². The number of halogens is 1. The summed E-state index contributed by atoms with van der Waals surface area (Å²) in [6.45, 7) is 7.81. The molecular formula is C15H24ClN3O2. The lowest BCUT2D eigenvalue weighted by atomic mass is 10.1. The van der Waals surface area contributed by atoms with Gasteiger partial charge in [-0.15, -0.1) is 0 Å². The first-order chi connectivity index (χ1) is 10.2. The lowest BCUT2D eigenvalue weighted by Gasteiger charge is -2.25. The summed E-state index contributed by atoms with van der Waals surface area (Å²) in [6, 6.07) is 0. The van der Waals surface area contributed by atoms with Crippen LogP contribution in [-0.4, -0.2) is 49.6 Å². The summed E-state index contributed by atoms with van der Waals surface area (Å²) in [4.78, 5) is 12.2. The summed E-state index contributed by atoms with van der Waals surface area (Å²) in [6.07, 6.45) is 9.78. The number of piperidine rings is 1. The highest BCUT2D eigenvalue weighted by Crippen LogP contribution is 2.09. The van der Waals surface area contributed by atoms with Crippen LogP contribution in [0.4, 0.5) is 0 Å². The Balaban J connectivity index is 2.14. The standard InChI is InChI=1S/C15H24ClN3O2/c1-14(8-6-9-17-20-2)15(16)18-21-13-7-12-19-10-4-3-5-11-19/h6,8-9H,1,3-5,7,10-13H2,2H3/b8-6-,17-9+,18-15-. The van der Waals surface area contributed by atoms with E-state index >= 15 is 0 Å². The monoisotopic (exact) mass is 313 g/mol. The van der Waals surface area contributed by atoms with E-state index in [0.29, 0.717) is 12.2 Å². The quantitative estimate of drug-likeness (QED) is 0.284. The second-order valence-corrected chi connectivity index (χ2v) is 5.15. The zero-order valence-corrected chi connectivity index (χ0v) is 13.4. The van der Waals surface area contributed by atoms with Crippen molar-refractivity contribution in [1.82, 2.24) is 4.90 Å². The molecule has 1 aliphatic heterocycles. The SMILES string of the molecule is C=C(/C=C\C=N\OC)/C(Cl)=N/OCCCN1CCCCC1. The van der Waals surface area contributed by atoms with Crippen LogP contribution in [0.5, 0.6) is 0 Å². The molecular weight excluding hydrogens is 290 g/mol. The molecule has 1 rings (SSSR count). The Labute approximate surface area is 131 Å². The largest absolute Gasteiger partial charge is 0.399 e. The highest BCUT2D eigenvalue weighted by Gasteiger charge is 2.08. The molecule has 1 saturated heterocycles. The first-order valence-corrected chi connectivity index (χ1v) is 7.62. The molecule has 1 heterocycles. The Morgan fingerprint density at radius 3 is 2.81 bits per heavy atom. The van der Waals surface area contributed by atoms with Gasteiger partial charge in [-0.05, 0) is 38.4 Å². The highest BCUT2D eigenvalue weighted by atomic mass is 35.5. The highest BCUT2D eigenvalue weighted by molar-refractivity contribution is 6.69. The Hall–Kier alpha value is -1.33. The minimum Gasteiger partial charge on any atom is -0.399 e. The van der Waals surface area contributed by atoms with Crippen LogP contribution in [0.25, 0.3) is 0 Å². The third kappa shape index (κ3) is 8.52. The maximum absolute atomic E-state index is 5.96. The molecule has 0 atom stereocenters. The van der Waals surface area contributed by atoms with E-state index in [-0.39, 0.29) is 5.17 Å². The third-order valence-electron chi connectivity index (χ3n) is 3.12. The van der Waals surface area contributed by atoms with Crippen molar-refractivity contribution in [2.45, 2.75) is 25.7 Å². The van der Waals surface area contributed by atoms with Gasteiger partial charge >= 0.3 is 0 Å². The molecule has 1 fully saturated rings. The van der Waals surface area contributed by atoms with E-state index in [2.05, 4.69) is 26.6 Å². The van der Waals surface area contributed by atoms with Crippen LogP contribution in [0, 0.1) is 0 Å². The van der Waals surface area contributed by atoms with Crippen LogP contribution in [-0.2, 0) is 9.68 Å². The predicted molar refractivity (Wildman–Crippen MR) is 87.9 cm³/mol. The van der Waals surface area contributed by atoms with Gasteiger partial charge in [0.15, 0.2) is 5.17 Å². The Bertz CT molecular complexity index is 388. The van der Waals surface area contributed by atoms with Crippen molar-refractivity contribution >= 4 is 23.0 Å². The van der Waals surface area contributed by atoms with Crippen molar-refractivity contribution in [2.24, 2.45) is 10.3 Å². The van der Waals surface area contributed by atoms with Crippen molar-refractivity contribution in [3.8, 4) is 0 Å². The van der Waals surface area contributed by atoms with E-state index in [9.17, 15) is 0 Å². The van der Waals surface area contributed by atoms with E-state index in [4.69, 9.17) is 16.4 Å².